The molecule has 2 aromatic carbocycles. The van der Waals surface area contributed by atoms with Crippen LogP contribution in [-0.4, -0.2) is 24.6 Å². The van der Waals surface area contributed by atoms with Gasteiger partial charge in [0.05, 0.1) is 12.8 Å². The number of thiazole rings is 1. The van der Waals surface area contributed by atoms with Crippen molar-refractivity contribution >= 4 is 34.0 Å². The van der Waals surface area contributed by atoms with Crippen molar-refractivity contribution in [3.8, 4) is 22.8 Å². The van der Waals surface area contributed by atoms with Crippen molar-refractivity contribution in [2.24, 2.45) is 0 Å². The monoisotopic (exact) mass is 388 g/mol. The third-order valence-electron chi connectivity index (χ3n) is 3.63. The van der Waals surface area contributed by atoms with Crippen molar-refractivity contribution in [3.05, 3.63) is 58.4 Å². The van der Waals surface area contributed by atoms with Crippen LogP contribution >= 0.6 is 22.9 Å². The Morgan fingerprint density at radius 1 is 1.23 bits per heavy atom. The molecule has 1 amide bonds. The third kappa shape index (κ3) is 4.33. The lowest BCUT2D eigenvalue weighted by Gasteiger charge is -2.08. The molecule has 134 valence electrons. The predicted molar refractivity (Wildman–Crippen MR) is 104 cm³/mol. The lowest BCUT2D eigenvalue weighted by atomic mass is 10.1. The van der Waals surface area contributed by atoms with E-state index in [0.29, 0.717) is 15.9 Å². The van der Waals surface area contributed by atoms with Crippen LogP contribution in [0.4, 0.5) is 5.13 Å². The van der Waals surface area contributed by atoms with E-state index in [2.05, 4.69) is 10.3 Å². The zero-order chi connectivity index (χ0) is 18.5. The lowest BCUT2D eigenvalue weighted by molar-refractivity contribution is -0.118. The van der Waals surface area contributed by atoms with E-state index in [-0.39, 0.29) is 12.5 Å². The number of benzene rings is 2. The van der Waals surface area contributed by atoms with E-state index in [1.54, 1.807) is 25.3 Å². The number of amides is 1. The molecule has 3 rings (SSSR count). The third-order valence-corrected chi connectivity index (χ3v) is 4.62. The van der Waals surface area contributed by atoms with Gasteiger partial charge in [0.25, 0.3) is 5.91 Å². The number of halogens is 1. The topological polar surface area (TPSA) is 60.5 Å². The molecular formula is C19H17ClN2O3S. The maximum Gasteiger partial charge on any atom is 0.264 e. The second-order valence-corrected chi connectivity index (χ2v) is 6.78. The molecule has 0 radical (unpaired) electrons. The van der Waals surface area contributed by atoms with Gasteiger partial charge in [-0.05, 0) is 42.8 Å². The Bertz CT molecular complexity index is 927. The first kappa shape index (κ1) is 18.2. The Hall–Kier alpha value is -2.57. The molecule has 3 aromatic rings. The summed E-state index contributed by atoms with van der Waals surface area (Å²) in [5.74, 6) is 1.08. The highest BCUT2D eigenvalue weighted by molar-refractivity contribution is 7.14. The molecule has 26 heavy (non-hydrogen) atoms. The first-order valence-corrected chi connectivity index (χ1v) is 9.10. The second-order valence-electron chi connectivity index (χ2n) is 5.48. The van der Waals surface area contributed by atoms with Gasteiger partial charge in [0.1, 0.15) is 11.5 Å². The van der Waals surface area contributed by atoms with Gasteiger partial charge >= 0.3 is 0 Å². The summed E-state index contributed by atoms with van der Waals surface area (Å²) < 4.78 is 10.9. The van der Waals surface area contributed by atoms with E-state index in [9.17, 15) is 4.79 Å². The first-order valence-electron chi connectivity index (χ1n) is 7.84. The zero-order valence-electron chi connectivity index (χ0n) is 14.3. The lowest BCUT2D eigenvalue weighted by Crippen LogP contribution is -2.20. The molecule has 0 saturated carbocycles. The van der Waals surface area contributed by atoms with Gasteiger partial charge in [-0.3, -0.25) is 10.1 Å². The maximum absolute atomic E-state index is 12.1. The molecule has 0 aliphatic carbocycles. The number of aryl methyl sites for hydroxylation is 1. The number of nitrogens with zero attached hydrogens (tertiary/aromatic N) is 1. The number of rotatable bonds is 6. The van der Waals surface area contributed by atoms with Gasteiger partial charge in [-0.15, -0.1) is 11.3 Å². The van der Waals surface area contributed by atoms with Gasteiger partial charge in [0, 0.05) is 16.0 Å². The molecule has 0 spiro atoms. The second kappa shape index (κ2) is 8.21. The summed E-state index contributed by atoms with van der Waals surface area (Å²) >= 11 is 7.26. The molecule has 0 saturated heterocycles. The highest BCUT2D eigenvalue weighted by atomic mass is 35.5. The van der Waals surface area contributed by atoms with Gasteiger partial charge in [-0.1, -0.05) is 23.7 Å². The minimum absolute atomic E-state index is 0.105. The highest BCUT2D eigenvalue weighted by Gasteiger charge is 2.12. The predicted octanol–water partition coefficient (Wildman–Crippen LogP) is 4.80. The van der Waals surface area contributed by atoms with E-state index < -0.39 is 0 Å². The minimum Gasteiger partial charge on any atom is -0.496 e. The van der Waals surface area contributed by atoms with Gasteiger partial charge in [-0.25, -0.2) is 4.98 Å². The van der Waals surface area contributed by atoms with Gasteiger partial charge in [0.15, 0.2) is 11.7 Å². The van der Waals surface area contributed by atoms with E-state index in [0.717, 1.165) is 22.6 Å². The first-order chi connectivity index (χ1) is 12.6. The minimum atomic E-state index is -0.278. The molecule has 0 aliphatic heterocycles. The molecule has 7 heteroatoms. The fourth-order valence-corrected chi connectivity index (χ4v) is 3.34. The number of carbonyl (C=O) groups excluding carboxylic acids is 1. The number of carbonyl (C=O) groups is 1. The fourth-order valence-electron chi connectivity index (χ4n) is 2.38. The Labute approximate surface area is 160 Å². The average Bonchev–Trinajstić information content (AvgIpc) is 3.09. The standard InChI is InChI=1S/C19H17ClN2O3S/c1-12-9-13(20)7-8-16(12)25-10-18(23)22-19-21-15(11-26-19)14-5-3-4-6-17(14)24-2/h3-9,11H,10H2,1-2H3,(H,21,22,23). The Balaban J connectivity index is 1.62. The average molecular weight is 389 g/mol. The van der Waals surface area contributed by atoms with Gasteiger partial charge in [0.2, 0.25) is 0 Å². The summed E-state index contributed by atoms with van der Waals surface area (Å²) in [6.07, 6.45) is 0. The number of aromatic nitrogens is 1. The number of nitrogens with one attached hydrogen (secondary N) is 1. The van der Waals surface area contributed by atoms with Crippen LogP contribution in [0.1, 0.15) is 5.56 Å². The van der Waals surface area contributed by atoms with E-state index in [4.69, 9.17) is 21.1 Å². The van der Waals surface area contributed by atoms with E-state index >= 15 is 0 Å². The van der Waals surface area contributed by atoms with Crippen molar-refractivity contribution < 1.29 is 14.3 Å². The van der Waals surface area contributed by atoms with Crippen molar-refractivity contribution in [2.75, 3.05) is 19.0 Å². The summed E-state index contributed by atoms with van der Waals surface area (Å²) in [6, 6.07) is 12.9. The molecular weight excluding hydrogens is 372 g/mol. The van der Waals surface area contributed by atoms with Crippen LogP contribution in [0.15, 0.2) is 47.8 Å². The van der Waals surface area contributed by atoms with Crippen molar-refractivity contribution in [2.45, 2.75) is 6.92 Å². The normalized spacial score (nSPS) is 10.4. The van der Waals surface area contributed by atoms with Crippen molar-refractivity contribution in [1.82, 2.24) is 4.98 Å². The number of ether oxygens (including phenoxy) is 2. The van der Waals surface area contributed by atoms with E-state index in [1.807, 2.05) is 36.6 Å². The van der Waals surface area contributed by atoms with Crippen LogP contribution in [0, 0.1) is 6.92 Å². The van der Waals surface area contributed by atoms with Gasteiger partial charge < -0.3 is 9.47 Å². The van der Waals surface area contributed by atoms with Crippen LogP contribution in [0.25, 0.3) is 11.3 Å². The SMILES string of the molecule is COc1ccccc1-c1csc(NC(=O)COc2ccc(Cl)cc2C)n1. The fraction of sp³-hybridized carbons (Fsp3) is 0.158. The van der Waals surface area contributed by atoms with E-state index in [1.165, 1.54) is 11.3 Å². The molecule has 1 aromatic heterocycles. The summed E-state index contributed by atoms with van der Waals surface area (Å²) in [5, 5.41) is 5.76. The quantitative estimate of drug-likeness (QED) is 0.659. The number of hydrogen-bond acceptors (Lipinski definition) is 5. The smallest absolute Gasteiger partial charge is 0.264 e. The summed E-state index contributed by atoms with van der Waals surface area (Å²) in [5.41, 5.74) is 2.50. The molecule has 0 unspecified atom stereocenters. The van der Waals surface area contributed by atoms with Crippen LogP contribution in [0.5, 0.6) is 11.5 Å². The molecule has 0 bridgehead atoms. The van der Waals surface area contributed by atoms with Crippen LogP contribution in [-0.2, 0) is 4.79 Å². The Morgan fingerprint density at radius 3 is 2.81 bits per heavy atom. The highest BCUT2D eigenvalue weighted by Crippen LogP contribution is 2.31. The van der Waals surface area contributed by atoms with Crippen molar-refractivity contribution in [1.29, 1.82) is 0 Å². The molecule has 5 nitrogen and oxygen atoms in total. The molecule has 0 aliphatic rings. The molecule has 0 fully saturated rings. The molecule has 0 atom stereocenters. The number of anilines is 1. The number of para-hydroxylation sites is 1. The van der Waals surface area contributed by atoms with Crippen LogP contribution in [0.2, 0.25) is 5.02 Å². The summed E-state index contributed by atoms with van der Waals surface area (Å²) in [4.78, 5) is 16.6. The summed E-state index contributed by atoms with van der Waals surface area (Å²) in [7, 11) is 1.62. The Morgan fingerprint density at radius 2 is 2.04 bits per heavy atom. The zero-order valence-corrected chi connectivity index (χ0v) is 15.9. The molecule has 1 N–H and O–H groups in total. The largest absolute Gasteiger partial charge is 0.496 e. The summed E-state index contributed by atoms with van der Waals surface area (Å²) in [6.45, 7) is 1.77. The van der Waals surface area contributed by atoms with Crippen LogP contribution in [0.3, 0.4) is 0 Å². The van der Waals surface area contributed by atoms with Crippen LogP contribution < -0.4 is 14.8 Å². The Kier molecular flexibility index (Phi) is 5.75. The van der Waals surface area contributed by atoms with Gasteiger partial charge in [-0.2, -0.15) is 0 Å². The number of hydrogen-bond donors (Lipinski definition) is 1. The molecule has 1 heterocycles. The number of methoxy groups -OCH3 is 1. The maximum atomic E-state index is 12.1. The van der Waals surface area contributed by atoms with Crippen molar-refractivity contribution in [3.63, 3.8) is 0 Å².